The molecule has 4 heteroatoms. The lowest BCUT2D eigenvalue weighted by Gasteiger charge is -2.23. The molecule has 0 radical (unpaired) electrons. The van der Waals surface area contributed by atoms with Crippen molar-refractivity contribution in [3.63, 3.8) is 0 Å². The maximum Gasteiger partial charge on any atom is 0.222 e. The zero-order chi connectivity index (χ0) is 20.0. The van der Waals surface area contributed by atoms with Crippen molar-refractivity contribution in [2.45, 2.75) is 56.6 Å². The van der Waals surface area contributed by atoms with E-state index in [1.165, 1.54) is 5.56 Å². The Morgan fingerprint density at radius 2 is 1.79 bits per heavy atom. The van der Waals surface area contributed by atoms with Gasteiger partial charge in [-0.2, -0.15) is 11.8 Å². The minimum Gasteiger partial charge on any atom is -0.489 e. The molecule has 1 atom stereocenters. The quantitative estimate of drug-likeness (QED) is 0.632. The molecule has 2 aromatic carbocycles. The van der Waals surface area contributed by atoms with Gasteiger partial charge in [0.2, 0.25) is 5.91 Å². The fourth-order valence-electron chi connectivity index (χ4n) is 3.45. The maximum absolute atomic E-state index is 12.5. The first-order chi connectivity index (χ1) is 13.4. The number of rotatable bonds is 7. The molecule has 1 heterocycles. The summed E-state index contributed by atoms with van der Waals surface area (Å²) in [6, 6.07) is 18.3. The second kappa shape index (κ2) is 9.51. The first-order valence-corrected chi connectivity index (χ1v) is 11.0. The summed E-state index contributed by atoms with van der Waals surface area (Å²) in [6.45, 7) is 9.10. The molecule has 1 amide bonds. The first-order valence-electron chi connectivity index (χ1n) is 10.1. The topological polar surface area (TPSA) is 29.5 Å². The number of aryl methyl sites for hydroxylation is 1. The third kappa shape index (κ3) is 6.59. The molecule has 0 saturated carbocycles. The Morgan fingerprint density at radius 1 is 1.07 bits per heavy atom. The Morgan fingerprint density at radius 3 is 2.46 bits per heavy atom. The van der Waals surface area contributed by atoms with Gasteiger partial charge in [-0.05, 0) is 36.1 Å². The smallest absolute Gasteiger partial charge is 0.222 e. The number of likely N-dealkylation sites (tertiary alicyclic amines) is 1. The van der Waals surface area contributed by atoms with Crippen LogP contribution >= 0.6 is 11.8 Å². The lowest BCUT2D eigenvalue weighted by atomic mass is 10.1. The third-order valence-corrected chi connectivity index (χ3v) is 6.24. The van der Waals surface area contributed by atoms with Crippen LogP contribution in [-0.4, -0.2) is 33.9 Å². The Labute approximate surface area is 173 Å². The number of hydrogen-bond acceptors (Lipinski definition) is 3. The number of benzene rings is 2. The molecule has 1 aliphatic heterocycles. The largest absolute Gasteiger partial charge is 0.489 e. The molecule has 0 aromatic heterocycles. The normalized spacial score (nSPS) is 17.0. The number of thioether (sulfide) groups is 1. The second-order valence-corrected chi connectivity index (χ2v) is 10.5. The molecule has 0 N–H and O–H groups in total. The summed E-state index contributed by atoms with van der Waals surface area (Å²) in [5.41, 5.74) is 2.34. The van der Waals surface area contributed by atoms with Gasteiger partial charge in [-0.3, -0.25) is 4.79 Å². The van der Waals surface area contributed by atoms with Crippen LogP contribution in [0.5, 0.6) is 5.75 Å². The van der Waals surface area contributed by atoms with E-state index in [1.807, 2.05) is 47.0 Å². The van der Waals surface area contributed by atoms with Crippen LogP contribution in [0, 0.1) is 0 Å². The Kier molecular flexibility index (Phi) is 7.06. The SMILES string of the molecule is CC(C)(C)S[C@@H]1CCN(C(=O)CCc2ccc(OCc3ccccc3)cc2)C1. The fourth-order valence-corrected chi connectivity index (χ4v) is 4.93. The molecule has 3 nitrogen and oxygen atoms in total. The highest BCUT2D eigenvalue weighted by Crippen LogP contribution is 2.33. The van der Waals surface area contributed by atoms with Crippen molar-refractivity contribution in [3.8, 4) is 5.75 Å². The molecular weight excluding hydrogens is 366 g/mol. The summed E-state index contributed by atoms with van der Waals surface area (Å²) < 4.78 is 6.09. The molecule has 1 fully saturated rings. The second-order valence-electron chi connectivity index (χ2n) is 8.40. The standard InChI is InChI=1S/C24H31NO2S/c1-24(2,3)28-22-15-16-25(17-22)23(26)14-11-19-9-12-21(13-10-19)27-18-20-7-5-4-6-8-20/h4-10,12-13,22H,11,14-18H2,1-3H3/t22-/m1/s1. The van der Waals surface area contributed by atoms with Crippen molar-refractivity contribution in [2.24, 2.45) is 0 Å². The highest BCUT2D eigenvalue weighted by Gasteiger charge is 2.29. The van der Waals surface area contributed by atoms with E-state index >= 15 is 0 Å². The highest BCUT2D eigenvalue weighted by molar-refractivity contribution is 8.01. The molecule has 0 spiro atoms. The van der Waals surface area contributed by atoms with E-state index in [0.717, 1.165) is 37.2 Å². The molecule has 1 aliphatic rings. The van der Waals surface area contributed by atoms with Crippen molar-refractivity contribution < 1.29 is 9.53 Å². The molecular formula is C24H31NO2S. The van der Waals surface area contributed by atoms with Crippen LogP contribution in [0.1, 0.15) is 44.7 Å². The highest BCUT2D eigenvalue weighted by atomic mass is 32.2. The van der Waals surface area contributed by atoms with E-state index in [0.29, 0.717) is 18.3 Å². The summed E-state index contributed by atoms with van der Waals surface area (Å²) in [4.78, 5) is 14.6. The Bertz CT molecular complexity index is 752. The van der Waals surface area contributed by atoms with Gasteiger partial charge in [0.15, 0.2) is 0 Å². The van der Waals surface area contributed by atoms with Crippen molar-refractivity contribution in [1.82, 2.24) is 4.90 Å². The summed E-state index contributed by atoms with van der Waals surface area (Å²) in [5.74, 6) is 1.14. The van der Waals surface area contributed by atoms with Gasteiger partial charge in [0, 0.05) is 29.5 Å². The molecule has 0 bridgehead atoms. The van der Waals surface area contributed by atoms with E-state index in [9.17, 15) is 4.79 Å². The summed E-state index contributed by atoms with van der Waals surface area (Å²) >= 11 is 2.00. The molecule has 2 aromatic rings. The van der Waals surface area contributed by atoms with E-state index in [-0.39, 0.29) is 10.7 Å². The first kappa shape index (κ1) is 20.8. The van der Waals surface area contributed by atoms with Crippen LogP contribution in [0.25, 0.3) is 0 Å². The molecule has 3 rings (SSSR count). The van der Waals surface area contributed by atoms with Gasteiger partial charge in [-0.15, -0.1) is 0 Å². The number of carbonyl (C=O) groups excluding carboxylic acids is 1. The van der Waals surface area contributed by atoms with Crippen molar-refractivity contribution >= 4 is 17.7 Å². The average molecular weight is 398 g/mol. The van der Waals surface area contributed by atoms with Gasteiger partial charge < -0.3 is 9.64 Å². The van der Waals surface area contributed by atoms with Crippen LogP contribution in [0.2, 0.25) is 0 Å². The van der Waals surface area contributed by atoms with Gasteiger partial charge >= 0.3 is 0 Å². The number of ether oxygens (including phenoxy) is 1. The summed E-state index contributed by atoms with van der Waals surface area (Å²) in [6.07, 6.45) is 2.48. The predicted octanol–water partition coefficient (Wildman–Crippen LogP) is 5.33. The molecule has 1 saturated heterocycles. The van der Waals surface area contributed by atoms with Crippen molar-refractivity contribution in [3.05, 3.63) is 65.7 Å². The van der Waals surface area contributed by atoms with E-state index in [2.05, 4.69) is 45.0 Å². The van der Waals surface area contributed by atoms with Crippen molar-refractivity contribution in [2.75, 3.05) is 13.1 Å². The zero-order valence-electron chi connectivity index (χ0n) is 17.2. The molecule has 150 valence electrons. The number of carbonyl (C=O) groups is 1. The van der Waals surface area contributed by atoms with Gasteiger partial charge in [0.05, 0.1) is 0 Å². The fraction of sp³-hybridized carbons (Fsp3) is 0.458. The number of amides is 1. The summed E-state index contributed by atoms with van der Waals surface area (Å²) in [7, 11) is 0. The Balaban J connectivity index is 1.41. The molecule has 28 heavy (non-hydrogen) atoms. The zero-order valence-corrected chi connectivity index (χ0v) is 18.0. The number of nitrogens with zero attached hydrogens (tertiary/aromatic N) is 1. The van der Waals surface area contributed by atoms with E-state index in [4.69, 9.17) is 4.74 Å². The van der Waals surface area contributed by atoms with E-state index < -0.39 is 0 Å². The summed E-state index contributed by atoms with van der Waals surface area (Å²) in [5, 5.41) is 0.574. The van der Waals surface area contributed by atoms with Gasteiger partial charge in [0.25, 0.3) is 0 Å². The molecule has 0 unspecified atom stereocenters. The van der Waals surface area contributed by atoms with Gasteiger partial charge in [-0.1, -0.05) is 63.2 Å². The van der Waals surface area contributed by atoms with Gasteiger partial charge in [-0.25, -0.2) is 0 Å². The molecule has 0 aliphatic carbocycles. The Hall–Kier alpha value is -1.94. The monoisotopic (exact) mass is 397 g/mol. The van der Waals surface area contributed by atoms with Crippen LogP contribution in [0.4, 0.5) is 0 Å². The minimum absolute atomic E-state index is 0.258. The van der Waals surface area contributed by atoms with Crippen LogP contribution < -0.4 is 4.74 Å². The lowest BCUT2D eigenvalue weighted by Crippen LogP contribution is -2.30. The van der Waals surface area contributed by atoms with Crippen LogP contribution in [0.3, 0.4) is 0 Å². The maximum atomic E-state index is 12.5. The minimum atomic E-state index is 0.258. The lowest BCUT2D eigenvalue weighted by molar-refractivity contribution is -0.130. The average Bonchev–Trinajstić information content (AvgIpc) is 3.13. The van der Waals surface area contributed by atoms with E-state index in [1.54, 1.807) is 0 Å². The number of hydrogen-bond donors (Lipinski definition) is 0. The predicted molar refractivity (Wildman–Crippen MR) is 118 cm³/mol. The third-order valence-electron chi connectivity index (χ3n) is 4.82. The van der Waals surface area contributed by atoms with Crippen molar-refractivity contribution in [1.29, 1.82) is 0 Å². The van der Waals surface area contributed by atoms with Gasteiger partial charge in [0.1, 0.15) is 12.4 Å². The van der Waals surface area contributed by atoms with Crippen LogP contribution in [0.15, 0.2) is 54.6 Å². The van der Waals surface area contributed by atoms with Crippen LogP contribution in [-0.2, 0) is 17.8 Å².